The van der Waals surface area contributed by atoms with Gasteiger partial charge in [-0.1, -0.05) is 0 Å². The molecule has 0 fully saturated rings. The number of aryl methyl sites for hydroxylation is 1. The average Bonchev–Trinajstić information content (AvgIpc) is 2.59. The molecule has 0 atom stereocenters. The minimum atomic E-state index is -0.649. The van der Waals surface area contributed by atoms with E-state index in [1.807, 2.05) is 0 Å². The molecule has 2 nitrogen and oxygen atoms in total. The summed E-state index contributed by atoms with van der Waals surface area (Å²) in [5.41, 5.74) is 0.612. The second-order valence-electron chi connectivity index (χ2n) is 3.13. The molecule has 2 rings (SSSR count). The normalized spacial score (nSPS) is 10.7. The van der Waals surface area contributed by atoms with E-state index in [9.17, 15) is 8.78 Å². The fraction of sp³-hybridized carbons (Fsp3) is 0.100. The number of hydrogen-bond donors (Lipinski definition) is 1. The summed E-state index contributed by atoms with van der Waals surface area (Å²) in [6.45, 7) is 1.77. The zero-order valence-corrected chi connectivity index (χ0v) is 9.40. The summed E-state index contributed by atoms with van der Waals surface area (Å²) < 4.78 is 27.2. The predicted octanol–water partition coefficient (Wildman–Crippen LogP) is 3.43. The first-order valence-corrected chi connectivity index (χ1v) is 5.04. The number of H-pyrrole nitrogens is 1. The monoisotopic (exact) mass is 272 g/mol. The second-order valence-corrected chi connectivity index (χ2v) is 3.99. The molecule has 0 unspecified atom stereocenters. The quantitative estimate of drug-likeness (QED) is 0.792. The van der Waals surface area contributed by atoms with E-state index in [-0.39, 0.29) is 15.9 Å². The molecule has 5 heteroatoms. The Labute approximate surface area is 93.5 Å². The minimum Gasteiger partial charge on any atom is -0.342 e. The van der Waals surface area contributed by atoms with Crippen LogP contribution >= 0.6 is 15.9 Å². The molecule has 0 spiro atoms. The molecule has 0 saturated heterocycles. The zero-order valence-electron chi connectivity index (χ0n) is 7.81. The molecule has 1 heterocycles. The van der Waals surface area contributed by atoms with Gasteiger partial charge >= 0.3 is 0 Å². The zero-order chi connectivity index (χ0) is 11.0. The number of aromatic amines is 1. The molecule has 2 aromatic rings. The van der Waals surface area contributed by atoms with Crippen molar-refractivity contribution in [3.05, 3.63) is 40.1 Å². The third-order valence-corrected chi connectivity index (χ3v) is 2.60. The maximum absolute atomic E-state index is 13.6. The molecule has 0 bridgehead atoms. The standard InChI is InChI=1S/C10H7BrF2N2/c1-5-4-14-10(15-5)8-7(12)3-2-6(11)9(8)13/h2-4H,1H3,(H,14,15). The Balaban J connectivity index is 2.66. The number of halogens is 3. The minimum absolute atomic E-state index is 0.141. The molecular weight excluding hydrogens is 266 g/mol. The van der Waals surface area contributed by atoms with E-state index in [1.165, 1.54) is 18.3 Å². The SMILES string of the molecule is Cc1cnc(-c2c(F)ccc(Br)c2F)[nH]1. The van der Waals surface area contributed by atoms with Gasteiger partial charge in [-0.2, -0.15) is 0 Å². The van der Waals surface area contributed by atoms with Crippen LogP contribution in [0.4, 0.5) is 8.78 Å². The summed E-state index contributed by atoms with van der Waals surface area (Å²) in [5, 5.41) is 0. The molecule has 0 amide bonds. The lowest BCUT2D eigenvalue weighted by Gasteiger charge is -2.03. The smallest absolute Gasteiger partial charge is 0.151 e. The van der Waals surface area contributed by atoms with Crippen LogP contribution in [0.2, 0.25) is 0 Å². The van der Waals surface area contributed by atoms with Crippen molar-refractivity contribution in [2.24, 2.45) is 0 Å². The Hall–Kier alpha value is -1.23. The summed E-state index contributed by atoms with van der Waals surface area (Å²) in [6, 6.07) is 2.52. The van der Waals surface area contributed by atoms with Crippen LogP contribution in [0.5, 0.6) is 0 Å². The van der Waals surface area contributed by atoms with Crippen molar-refractivity contribution in [1.82, 2.24) is 9.97 Å². The second kappa shape index (κ2) is 3.73. The van der Waals surface area contributed by atoms with Gasteiger partial charge in [-0.15, -0.1) is 0 Å². The van der Waals surface area contributed by atoms with Crippen molar-refractivity contribution >= 4 is 15.9 Å². The van der Waals surface area contributed by atoms with E-state index in [4.69, 9.17) is 0 Å². The van der Waals surface area contributed by atoms with Gasteiger partial charge < -0.3 is 4.98 Å². The highest BCUT2D eigenvalue weighted by atomic mass is 79.9. The number of aromatic nitrogens is 2. The van der Waals surface area contributed by atoms with Gasteiger partial charge in [0.1, 0.15) is 11.6 Å². The number of imidazole rings is 1. The summed E-state index contributed by atoms with van der Waals surface area (Å²) in [4.78, 5) is 6.68. The first-order valence-electron chi connectivity index (χ1n) is 4.25. The van der Waals surface area contributed by atoms with Gasteiger partial charge in [0.25, 0.3) is 0 Å². The first kappa shape index (κ1) is 10.3. The Kier molecular flexibility index (Phi) is 2.56. The van der Waals surface area contributed by atoms with Crippen LogP contribution in [-0.2, 0) is 0 Å². The van der Waals surface area contributed by atoms with Crippen molar-refractivity contribution in [2.75, 3.05) is 0 Å². The van der Waals surface area contributed by atoms with Crippen LogP contribution in [0, 0.1) is 18.6 Å². The summed E-state index contributed by atoms with van der Waals surface area (Å²) >= 11 is 3.00. The van der Waals surface area contributed by atoms with E-state index in [2.05, 4.69) is 25.9 Å². The topological polar surface area (TPSA) is 28.7 Å². The van der Waals surface area contributed by atoms with Crippen molar-refractivity contribution in [2.45, 2.75) is 6.92 Å². The molecule has 0 aliphatic rings. The van der Waals surface area contributed by atoms with Crippen LogP contribution in [0.1, 0.15) is 5.69 Å². The fourth-order valence-electron chi connectivity index (χ4n) is 1.28. The number of rotatable bonds is 1. The van der Waals surface area contributed by atoms with Crippen LogP contribution < -0.4 is 0 Å². The third-order valence-electron chi connectivity index (χ3n) is 1.98. The molecule has 1 aromatic heterocycles. The molecule has 0 aliphatic heterocycles. The molecule has 1 aromatic carbocycles. The highest BCUT2D eigenvalue weighted by Crippen LogP contribution is 2.28. The van der Waals surface area contributed by atoms with E-state index in [0.717, 1.165) is 5.69 Å². The summed E-state index contributed by atoms with van der Waals surface area (Å²) in [7, 11) is 0. The highest BCUT2D eigenvalue weighted by Gasteiger charge is 2.16. The fourth-order valence-corrected chi connectivity index (χ4v) is 1.61. The van der Waals surface area contributed by atoms with Crippen molar-refractivity contribution < 1.29 is 8.78 Å². The van der Waals surface area contributed by atoms with Gasteiger partial charge in [0.2, 0.25) is 0 Å². The van der Waals surface area contributed by atoms with Crippen LogP contribution in [0.3, 0.4) is 0 Å². The van der Waals surface area contributed by atoms with Crippen LogP contribution in [0.25, 0.3) is 11.4 Å². The summed E-state index contributed by atoms with van der Waals surface area (Å²) in [5.74, 6) is -1.08. The maximum atomic E-state index is 13.6. The molecule has 1 N–H and O–H groups in total. The van der Waals surface area contributed by atoms with E-state index < -0.39 is 11.6 Å². The van der Waals surface area contributed by atoms with Gasteiger partial charge in [-0.05, 0) is 35.0 Å². The van der Waals surface area contributed by atoms with Gasteiger partial charge in [-0.3, -0.25) is 0 Å². The van der Waals surface area contributed by atoms with E-state index >= 15 is 0 Å². The molecule has 15 heavy (non-hydrogen) atoms. The highest BCUT2D eigenvalue weighted by molar-refractivity contribution is 9.10. The van der Waals surface area contributed by atoms with Crippen LogP contribution in [-0.4, -0.2) is 9.97 Å². The molecule has 78 valence electrons. The number of nitrogens with one attached hydrogen (secondary N) is 1. The van der Waals surface area contributed by atoms with Gasteiger partial charge in [0, 0.05) is 11.9 Å². The molecule has 0 saturated carbocycles. The summed E-state index contributed by atoms with van der Waals surface area (Å²) in [6.07, 6.45) is 1.52. The van der Waals surface area contributed by atoms with Gasteiger partial charge in [-0.25, -0.2) is 13.8 Å². The Morgan fingerprint density at radius 3 is 2.67 bits per heavy atom. The largest absolute Gasteiger partial charge is 0.342 e. The number of nitrogens with zero attached hydrogens (tertiary/aromatic N) is 1. The van der Waals surface area contributed by atoms with Crippen LogP contribution in [0.15, 0.2) is 22.8 Å². The van der Waals surface area contributed by atoms with Crippen molar-refractivity contribution in [3.8, 4) is 11.4 Å². The van der Waals surface area contributed by atoms with E-state index in [0.29, 0.717) is 0 Å². The number of hydrogen-bond acceptors (Lipinski definition) is 1. The van der Waals surface area contributed by atoms with Gasteiger partial charge in [0.05, 0.1) is 10.0 Å². The molecule has 0 aliphatic carbocycles. The Morgan fingerprint density at radius 2 is 2.07 bits per heavy atom. The lowest BCUT2D eigenvalue weighted by Crippen LogP contribution is -1.93. The maximum Gasteiger partial charge on any atom is 0.151 e. The van der Waals surface area contributed by atoms with E-state index in [1.54, 1.807) is 6.92 Å². The third kappa shape index (κ3) is 1.79. The number of benzene rings is 1. The lowest BCUT2D eigenvalue weighted by molar-refractivity contribution is 0.583. The van der Waals surface area contributed by atoms with Crippen molar-refractivity contribution in [3.63, 3.8) is 0 Å². The molecule has 0 radical (unpaired) electrons. The van der Waals surface area contributed by atoms with Crippen molar-refractivity contribution in [1.29, 1.82) is 0 Å². The average molecular weight is 273 g/mol. The van der Waals surface area contributed by atoms with Gasteiger partial charge in [0.15, 0.2) is 5.82 Å². The Bertz CT molecular complexity index is 508. The predicted molar refractivity (Wildman–Crippen MR) is 56.4 cm³/mol. The molecular formula is C10H7BrF2N2. The first-order chi connectivity index (χ1) is 7.09. The lowest BCUT2D eigenvalue weighted by atomic mass is 10.2. The Morgan fingerprint density at radius 1 is 1.33 bits per heavy atom.